The van der Waals surface area contributed by atoms with E-state index in [-0.39, 0.29) is 34.9 Å². The fraction of sp³-hybridized carbons (Fsp3) is 0.897. The minimum Gasteiger partial charge on any atom is -0.393 e. The summed E-state index contributed by atoms with van der Waals surface area (Å²) in [6, 6.07) is 0. The van der Waals surface area contributed by atoms with Gasteiger partial charge in [-0.25, -0.2) is 0 Å². The van der Waals surface area contributed by atoms with Crippen LogP contribution < -0.4 is 0 Å². The third-order valence-electron chi connectivity index (χ3n) is 11.4. The Hall–Kier alpha value is -0.710. The summed E-state index contributed by atoms with van der Waals surface area (Å²) >= 11 is 0. The third-order valence-corrected chi connectivity index (χ3v) is 11.4. The Morgan fingerprint density at radius 1 is 1.06 bits per heavy atom. The number of fused-ring (bicyclic) bond motifs is 5. The van der Waals surface area contributed by atoms with Crippen molar-refractivity contribution >= 4 is 5.78 Å². The Bertz CT molecular complexity index is 803. The quantitative estimate of drug-likeness (QED) is 0.547. The highest BCUT2D eigenvalue weighted by Gasteiger charge is 2.63. The van der Waals surface area contributed by atoms with Gasteiger partial charge in [-0.3, -0.25) is 4.79 Å². The summed E-state index contributed by atoms with van der Waals surface area (Å²) in [5.41, 5.74) is 1.66. The van der Waals surface area contributed by atoms with Crippen molar-refractivity contribution in [1.29, 1.82) is 0 Å². The maximum absolute atomic E-state index is 13.7. The summed E-state index contributed by atoms with van der Waals surface area (Å²) in [7, 11) is 0. The lowest BCUT2D eigenvalue weighted by Gasteiger charge is -2.58. The Balaban J connectivity index is 1.39. The summed E-state index contributed by atoms with van der Waals surface area (Å²) in [5.74, 6) is 3.30. The molecule has 33 heavy (non-hydrogen) atoms. The van der Waals surface area contributed by atoms with Gasteiger partial charge in [-0.2, -0.15) is 0 Å². The van der Waals surface area contributed by atoms with Crippen molar-refractivity contribution in [3.05, 3.63) is 11.6 Å². The Morgan fingerprint density at radius 2 is 1.82 bits per heavy atom. The molecule has 0 radical (unpaired) electrons. The maximum atomic E-state index is 13.7. The topological polar surface area (TPSA) is 66.8 Å². The zero-order valence-corrected chi connectivity index (χ0v) is 21.4. The van der Waals surface area contributed by atoms with Crippen LogP contribution in [0.2, 0.25) is 0 Å². The van der Waals surface area contributed by atoms with Crippen LogP contribution >= 0.6 is 0 Å². The molecule has 1 saturated heterocycles. The molecule has 0 bridgehead atoms. The predicted molar refractivity (Wildman–Crippen MR) is 129 cm³/mol. The number of rotatable bonds is 3. The lowest BCUT2D eigenvalue weighted by molar-refractivity contribution is -0.204. The maximum Gasteiger partial charge on any atom is 0.155 e. The fourth-order valence-corrected chi connectivity index (χ4v) is 9.38. The number of carbonyl (C=O) groups excluding carboxylic acids is 1. The monoisotopic (exact) mass is 458 g/mol. The van der Waals surface area contributed by atoms with Gasteiger partial charge in [0.25, 0.3) is 0 Å². The number of ketones is 1. The van der Waals surface area contributed by atoms with Gasteiger partial charge in [0.15, 0.2) is 6.29 Å². The lowest BCUT2D eigenvalue weighted by Crippen LogP contribution is -2.52. The smallest absolute Gasteiger partial charge is 0.155 e. The van der Waals surface area contributed by atoms with Crippen molar-refractivity contribution in [3.8, 4) is 0 Å². The summed E-state index contributed by atoms with van der Waals surface area (Å²) in [4.78, 5) is 13.7. The van der Waals surface area contributed by atoms with Crippen LogP contribution in [0.3, 0.4) is 0 Å². The summed E-state index contributed by atoms with van der Waals surface area (Å²) in [6.07, 6.45) is 10.1. The molecule has 5 aliphatic rings. The minimum atomic E-state index is -0.668. The van der Waals surface area contributed by atoms with E-state index in [2.05, 4.69) is 40.7 Å². The van der Waals surface area contributed by atoms with E-state index in [1.807, 2.05) is 0 Å². The SMILES string of the molecule is CC(C)C1CC(O)OC(C(C)C2CC(=O)[C@H]3C4CC=C5C[C@@H](O)CC[C@]5(C)C4CC[C@]23C)C1. The second-order valence-corrected chi connectivity index (χ2v) is 13.3. The van der Waals surface area contributed by atoms with Crippen molar-refractivity contribution in [1.82, 2.24) is 0 Å². The minimum absolute atomic E-state index is 0.0344. The van der Waals surface area contributed by atoms with E-state index in [0.717, 1.165) is 44.9 Å². The molecule has 0 amide bonds. The molecule has 1 heterocycles. The molecular formula is C29H46O4. The van der Waals surface area contributed by atoms with Gasteiger partial charge in [-0.1, -0.05) is 46.3 Å². The molecule has 4 nitrogen and oxygen atoms in total. The first-order valence-corrected chi connectivity index (χ1v) is 13.8. The standard InChI is InChI=1S/C29H46O4/c1-16(2)18-12-25(33-26(32)13-18)17(3)23-15-24(31)27-21-7-6-19-14-20(30)8-10-28(19,4)22(21)9-11-29(23,27)5/h6,16-18,20-23,25-27,30,32H,7-15H2,1-5H3/t17?,18?,20-,21?,22?,23?,25?,26?,27+,28-,29+/m0/s1. The molecule has 0 aromatic rings. The zero-order valence-electron chi connectivity index (χ0n) is 21.4. The number of aliphatic hydroxyl groups excluding tert-OH is 2. The van der Waals surface area contributed by atoms with E-state index < -0.39 is 6.29 Å². The Labute approximate surface area is 200 Å². The van der Waals surface area contributed by atoms with E-state index in [1.54, 1.807) is 0 Å². The van der Waals surface area contributed by atoms with Crippen molar-refractivity contribution < 1.29 is 19.7 Å². The van der Waals surface area contributed by atoms with Gasteiger partial charge in [0, 0.05) is 18.8 Å². The van der Waals surface area contributed by atoms with E-state index in [1.165, 1.54) is 12.0 Å². The number of Topliss-reactive ketones (excluding diaryl/α,β-unsaturated/α-hetero) is 1. The first-order valence-electron chi connectivity index (χ1n) is 13.8. The highest BCUT2D eigenvalue weighted by molar-refractivity contribution is 5.85. The average Bonchev–Trinajstić information content (AvgIpc) is 3.04. The largest absolute Gasteiger partial charge is 0.393 e. The van der Waals surface area contributed by atoms with Crippen LogP contribution in [0.5, 0.6) is 0 Å². The summed E-state index contributed by atoms with van der Waals surface area (Å²) in [6.45, 7) is 11.6. The molecule has 11 atom stereocenters. The predicted octanol–water partition coefficient (Wildman–Crippen LogP) is 5.51. The van der Waals surface area contributed by atoms with Crippen molar-refractivity contribution in [2.24, 2.45) is 52.3 Å². The molecule has 7 unspecified atom stereocenters. The van der Waals surface area contributed by atoms with Gasteiger partial charge in [0.05, 0.1) is 12.2 Å². The van der Waals surface area contributed by atoms with Gasteiger partial charge < -0.3 is 14.9 Å². The summed E-state index contributed by atoms with van der Waals surface area (Å²) in [5, 5.41) is 20.7. The van der Waals surface area contributed by atoms with Crippen LogP contribution in [0.1, 0.15) is 92.4 Å². The highest BCUT2D eigenvalue weighted by Crippen LogP contribution is 2.66. The normalized spacial score (nSPS) is 50.9. The molecule has 4 aliphatic carbocycles. The zero-order chi connectivity index (χ0) is 23.7. The van der Waals surface area contributed by atoms with Crippen LogP contribution in [-0.4, -0.2) is 34.5 Å². The van der Waals surface area contributed by atoms with Gasteiger partial charge in [0.2, 0.25) is 0 Å². The van der Waals surface area contributed by atoms with Crippen molar-refractivity contribution in [3.63, 3.8) is 0 Å². The third kappa shape index (κ3) is 3.78. The van der Waals surface area contributed by atoms with Gasteiger partial charge in [-0.15, -0.1) is 0 Å². The van der Waals surface area contributed by atoms with Gasteiger partial charge >= 0.3 is 0 Å². The number of ether oxygens (including phenoxy) is 1. The van der Waals surface area contributed by atoms with Gasteiger partial charge in [-0.05, 0) is 91.3 Å². The molecule has 0 aromatic heterocycles. The second kappa shape index (κ2) is 8.45. The van der Waals surface area contributed by atoms with E-state index in [0.29, 0.717) is 41.8 Å². The second-order valence-electron chi connectivity index (χ2n) is 13.3. The molecule has 4 heteroatoms. The average molecular weight is 459 g/mol. The Kier molecular flexibility index (Phi) is 6.15. The van der Waals surface area contributed by atoms with E-state index >= 15 is 0 Å². The van der Waals surface area contributed by atoms with E-state index in [9.17, 15) is 15.0 Å². The number of aliphatic hydroxyl groups is 2. The number of carbonyl (C=O) groups is 1. The van der Waals surface area contributed by atoms with Crippen LogP contribution in [0.15, 0.2) is 11.6 Å². The van der Waals surface area contributed by atoms with Crippen LogP contribution in [-0.2, 0) is 9.53 Å². The molecule has 3 saturated carbocycles. The molecule has 186 valence electrons. The lowest BCUT2D eigenvalue weighted by atomic mass is 9.46. The van der Waals surface area contributed by atoms with Crippen LogP contribution in [0, 0.1) is 52.3 Å². The molecule has 0 spiro atoms. The number of hydrogen-bond donors (Lipinski definition) is 2. The molecule has 5 rings (SSSR count). The molecule has 1 aliphatic heterocycles. The molecular weight excluding hydrogens is 412 g/mol. The first kappa shape index (κ1) is 24.0. The molecule has 4 fully saturated rings. The van der Waals surface area contributed by atoms with Crippen molar-refractivity contribution in [2.75, 3.05) is 0 Å². The fourth-order valence-electron chi connectivity index (χ4n) is 9.38. The van der Waals surface area contributed by atoms with Crippen molar-refractivity contribution in [2.45, 2.75) is 111 Å². The van der Waals surface area contributed by atoms with Crippen LogP contribution in [0.4, 0.5) is 0 Å². The first-order chi connectivity index (χ1) is 15.5. The number of allylic oxidation sites excluding steroid dienone is 1. The summed E-state index contributed by atoms with van der Waals surface area (Å²) < 4.78 is 6.12. The Morgan fingerprint density at radius 3 is 2.55 bits per heavy atom. The molecule has 0 aromatic carbocycles. The number of hydrogen-bond acceptors (Lipinski definition) is 4. The highest BCUT2D eigenvalue weighted by atomic mass is 16.6. The van der Waals surface area contributed by atoms with Gasteiger partial charge in [0.1, 0.15) is 5.78 Å². The molecule has 2 N–H and O–H groups in total. The van der Waals surface area contributed by atoms with Crippen LogP contribution in [0.25, 0.3) is 0 Å². The van der Waals surface area contributed by atoms with E-state index in [4.69, 9.17) is 4.74 Å².